The quantitative estimate of drug-likeness (QED) is 0.819. The summed E-state index contributed by atoms with van der Waals surface area (Å²) in [7, 11) is 0. The largest absolute Gasteiger partial charge is 0.382 e. The molecule has 2 aromatic rings. The van der Waals surface area contributed by atoms with Crippen molar-refractivity contribution < 1.29 is 8.78 Å². The number of imidazole rings is 1. The van der Waals surface area contributed by atoms with Crippen molar-refractivity contribution in [2.24, 2.45) is 0 Å². The van der Waals surface area contributed by atoms with E-state index in [2.05, 4.69) is 25.9 Å². The predicted octanol–water partition coefficient (Wildman–Crippen LogP) is 3.05. The maximum absolute atomic E-state index is 14.1. The zero-order valence-electron chi connectivity index (χ0n) is 12.6. The van der Waals surface area contributed by atoms with Crippen molar-refractivity contribution >= 4 is 27.3 Å². The molecule has 5 nitrogen and oxygen atoms in total. The van der Waals surface area contributed by atoms with Gasteiger partial charge in [-0.25, -0.2) is 18.7 Å². The third-order valence-corrected chi connectivity index (χ3v) is 5.61. The molecular weight excluding hydrogens is 368 g/mol. The van der Waals surface area contributed by atoms with Crippen molar-refractivity contribution in [2.75, 3.05) is 18.8 Å². The Balaban J connectivity index is 1.67. The molecule has 2 N–H and O–H groups in total. The van der Waals surface area contributed by atoms with Crippen LogP contribution in [0.1, 0.15) is 37.4 Å². The van der Waals surface area contributed by atoms with Crippen LogP contribution in [0.2, 0.25) is 0 Å². The van der Waals surface area contributed by atoms with Crippen molar-refractivity contribution in [1.82, 2.24) is 19.3 Å². The maximum atomic E-state index is 14.1. The van der Waals surface area contributed by atoms with Crippen LogP contribution in [0.25, 0.3) is 5.52 Å². The van der Waals surface area contributed by atoms with Crippen LogP contribution in [0.5, 0.6) is 0 Å². The van der Waals surface area contributed by atoms with Gasteiger partial charge in [0.25, 0.3) is 5.92 Å². The third-order valence-electron chi connectivity index (χ3n) is 5.06. The smallest absolute Gasteiger partial charge is 0.263 e. The first-order valence-corrected chi connectivity index (χ1v) is 8.66. The van der Waals surface area contributed by atoms with Crippen molar-refractivity contribution in [3.8, 4) is 0 Å². The number of anilines is 1. The molecule has 2 aliphatic rings. The minimum absolute atomic E-state index is 0.0128. The Bertz CT molecular complexity index is 747. The first kappa shape index (κ1) is 15.3. The molecule has 0 aromatic carbocycles. The summed E-state index contributed by atoms with van der Waals surface area (Å²) < 4.78 is 30.8. The zero-order valence-corrected chi connectivity index (χ0v) is 14.1. The second-order valence-electron chi connectivity index (χ2n) is 6.44. The van der Waals surface area contributed by atoms with Gasteiger partial charge in [-0.2, -0.15) is 0 Å². The number of aromatic nitrogens is 3. The Hall–Kier alpha value is -1.28. The number of halogens is 3. The van der Waals surface area contributed by atoms with Gasteiger partial charge in [0.2, 0.25) is 0 Å². The molecule has 0 amide bonds. The van der Waals surface area contributed by atoms with E-state index in [1.165, 1.54) is 0 Å². The van der Waals surface area contributed by atoms with E-state index >= 15 is 0 Å². The molecule has 0 bridgehead atoms. The SMILES string of the molecule is Nc1nccn2c(C3CCC4N(CCCC4(F)F)C3)nc(Br)c12. The number of nitrogens with two attached hydrogens (primary N) is 1. The summed E-state index contributed by atoms with van der Waals surface area (Å²) >= 11 is 3.44. The van der Waals surface area contributed by atoms with E-state index in [4.69, 9.17) is 5.73 Å². The highest BCUT2D eigenvalue weighted by Gasteiger charge is 2.48. The minimum atomic E-state index is -2.56. The summed E-state index contributed by atoms with van der Waals surface area (Å²) in [5.74, 6) is -1.15. The summed E-state index contributed by atoms with van der Waals surface area (Å²) in [6.45, 7) is 1.36. The zero-order chi connectivity index (χ0) is 16.2. The van der Waals surface area contributed by atoms with Gasteiger partial charge >= 0.3 is 0 Å². The van der Waals surface area contributed by atoms with Crippen LogP contribution in [0, 0.1) is 0 Å². The molecule has 2 aliphatic heterocycles. The highest BCUT2D eigenvalue weighted by molar-refractivity contribution is 9.10. The number of hydrogen-bond donors (Lipinski definition) is 1. The summed E-state index contributed by atoms with van der Waals surface area (Å²) in [4.78, 5) is 10.6. The average Bonchev–Trinajstić information content (AvgIpc) is 2.85. The van der Waals surface area contributed by atoms with Gasteiger partial charge in [-0.15, -0.1) is 0 Å². The molecule has 2 atom stereocenters. The second kappa shape index (κ2) is 5.37. The standard InChI is InChI=1S/C15H18BrF2N5/c16-12-11-13(19)20-5-7-23(11)14(21-12)9-2-3-10-15(17,18)4-1-6-22(10)8-9/h5,7,9-10H,1-4,6,8H2,(H2,19,20). The molecule has 8 heteroatoms. The topological polar surface area (TPSA) is 59.4 Å². The fraction of sp³-hybridized carbons (Fsp3) is 0.600. The molecular formula is C15H18BrF2N5. The highest BCUT2D eigenvalue weighted by Crippen LogP contribution is 2.42. The molecule has 0 aliphatic carbocycles. The molecule has 0 spiro atoms. The van der Waals surface area contributed by atoms with Crippen molar-refractivity contribution in [2.45, 2.75) is 43.6 Å². The number of rotatable bonds is 1. The van der Waals surface area contributed by atoms with Crippen LogP contribution < -0.4 is 5.73 Å². The molecule has 4 rings (SSSR count). The number of hydrogen-bond acceptors (Lipinski definition) is 4. The molecule has 23 heavy (non-hydrogen) atoms. The van der Waals surface area contributed by atoms with Gasteiger partial charge in [0.1, 0.15) is 15.9 Å². The van der Waals surface area contributed by atoms with E-state index in [9.17, 15) is 8.78 Å². The lowest BCUT2D eigenvalue weighted by Gasteiger charge is -2.46. The summed E-state index contributed by atoms with van der Waals surface area (Å²) in [5, 5.41) is 0. The molecule has 2 unspecified atom stereocenters. The lowest BCUT2D eigenvalue weighted by atomic mass is 9.85. The van der Waals surface area contributed by atoms with Crippen LogP contribution in [-0.4, -0.2) is 44.3 Å². The van der Waals surface area contributed by atoms with Gasteiger partial charge < -0.3 is 5.73 Å². The van der Waals surface area contributed by atoms with E-state index < -0.39 is 12.0 Å². The molecule has 2 aromatic heterocycles. The van der Waals surface area contributed by atoms with Crippen molar-refractivity contribution in [1.29, 1.82) is 0 Å². The normalized spacial score (nSPS) is 28.0. The van der Waals surface area contributed by atoms with Crippen molar-refractivity contribution in [3.63, 3.8) is 0 Å². The Kier molecular flexibility index (Phi) is 3.57. The van der Waals surface area contributed by atoms with E-state index in [-0.39, 0.29) is 12.3 Å². The number of alkyl halides is 2. The second-order valence-corrected chi connectivity index (χ2v) is 7.19. The monoisotopic (exact) mass is 385 g/mol. The van der Waals surface area contributed by atoms with Gasteiger partial charge in [0, 0.05) is 31.3 Å². The summed E-state index contributed by atoms with van der Waals surface area (Å²) in [6, 6.07) is -0.617. The van der Waals surface area contributed by atoms with Gasteiger partial charge in [-0.05, 0) is 41.7 Å². The van der Waals surface area contributed by atoms with E-state index in [0.29, 0.717) is 36.2 Å². The fourth-order valence-electron chi connectivity index (χ4n) is 3.99. The molecule has 124 valence electrons. The fourth-order valence-corrected chi connectivity index (χ4v) is 4.57. The van der Waals surface area contributed by atoms with Crippen LogP contribution in [-0.2, 0) is 0 Å². The van der Waals surface area contributed by atoms with E-state index in [1.54, 1.807) is 6.20 Å². The Labute approximate surface area is 141 Å². The Morgan fingerprint density at radius 2 is 2.17 bits per heavy atom. The first-order valence-electron chi connectivity index (χ1n) is 7.87. The van der Waals surface area contributed by atoms with Crippen LogP contribution >= 0.6 is 15.9 Å². The number of fused-ring (bicyclic) bond motifs is 2. The van der Waals surface area contributed by atoms with E-state index in [1.807, 2.05) is 15.5 Å². The van der Waals surface area contributed by atoms with Gasteiger partial charge in [0.15, 0.2) is 5.82 Å². The molecule has 2 saturated heterocycles. The molecule has 4 heterocycles. The number of nitrogen functional groups attached to an aromatic ring is 1. The molecule has 0 saturated carbocycles. The van der Waals surface area contributed by atoms with Crippen LogP contribution in [0.15, 0.2) is 17.0 Å². The average molecular weight is 386 g/mol. The first-order chi connectivity index (χ1) is 11.0. The van der Waals surface area contributed by atoms with Gasteiger partial charge in [-0.3, -0.25) is 9.30 Å². The molecule has 0 radical (unpaired) electrons. The third kappa shape index (κ3) is 2.42. The number of piperidine rings is 2. The highest BCUT2D eigenvalue weighted by atomic mass is 79.9. The van der Waals surface area contributed by atoms with Crippen molar-refractivity contribution in [3.05, 3.63) is 22.8 Å². The van der Waals surface area contributed by atoms with E-state index in [0.717, 1.165) is 17.9 Å². The predicted molar refractivity (Wildman–Crippen MR) is 86.6 cm³/mol. The molecule has 2 fully saturated rings. The van der Waals surface area contributed by atoms with Crippen LogP contribution in [0.3, 0.4) is 0 Å². The summed E-state index contributed by atoms with van der Waals surface area (Å²) in [5.41, 5.74) is 6.67. The van der Waals surface area contributed by atoms with Crippen LogP contribution in [0.4, 0.5) is 14.6 Å². The Morgan fingerprint density at radius 1 is 1.35 bits per heavy atom. The minimum Gasteiger partial charge on any atom is -0.382 e. The lowest BCUT2D eigenvalue weighted by Crippen LogP contribution is -2.55. The van der Waals surface area contributed by atoms with Gasteiger partial charge in [0.05, 0.1) is 6.04 Å². The lowest BCUT2D eigenvalue weighted by molar-refractivity contribution is -0.127. The Morgan fingerprint density at radius 3 is 3.00 bits per heavy atom. The maximum Gasteiger partial charge on any atom is 0.263 e. The number of nitrogens with zero attached hydrogens (tertiary/aromatic N) is 4. The van der Waals surface area contributed by atoms with Gasteiger partial charge in [-0.1, -0.05) is 0 Å². The summed E-state index contributed by atoms with van der Waals surface area (Å²) in [6.07, 6.45) is 5.25.